The van der Waals surface area contributed by atoms with Gasteiger partial charge in [0.1, 0.15) is 54.9 Å². The molecule has 14 heteroatoms. The van der Waals surface area contributed by atoms with Gasteiger partial charge in [-0.25, -0.2) is 0 Å². The molecule has 0 spiro atoms. The van der Waals surface area contributed by atoms with Gasteiger partial charge in [0.2, 0.25) is 0 Å². The number of hydrogen-bond donors (Lipinski definition) is 7. The summed E-state index contributed by atoms with van der Waals surface area (Å²) in [6.45, 7) is 3.48. The number of hydrogen-bond acceptors (Lipinski definition) is 14. The molecule has 2 rings (SSSR count). The topological polar surface area (TPSA) is 214 Å². The van der Waals surface area contributed by atoms with Gasteiger partial charge in [0.25, 0.3) is 0 Å². The number of unbranched alkanes of at least 4 members (excludes halogenated alkanes) is 18. The second-order valence-electron chi connectivity index (χ2n) is 20.1. The zero-order valence-corrected chi connectivity index (χ0v) is 46.3. The van der Waals surface area contributed by atoms with Gasteiger partial charge in [0.15, 0.2) is 12.6 Å². The second kappa shape index (κ2) is 47.2. The van der Waals surface area contributed by atoms with E-state index in [0.29, 0.717) is 13.0 Å². The maximum absolute atomic E-state index is 13.0. The average Bonchev–Trinajstić information content (AvgIpc) is 3.41. The van der Waals surface area contributed by atoms with Crippen LogP contribution in [0.3, 0.4) is 0 Å². The predicted octanol–water partition coefficient (Wildman–Crippen LogP) is 10.4. The maximum atomic E-state index is 13.0. The van der Waals surface area contributed by atoms with Gasteiger partial charge in [-0.15, -0.1) is 0 Å². The highest BCUT2D eigenvalue weighted by atomic mass is 16.7. The summed E-state index contributed by atoms with van der Waals surface area (Å²) in [5.41, 5.74) is 0. The van der Waals surface area contributed by atoms with Crippen LogP contribution in [-0.2, 0) is 33.2 Å². The lowest BCUT2D eigenvalue weighted by molar-refractivity contribution is -0.332. The Labute approximate surface area is 452 Å². The van der Waals surface area contributed by atoms with Crippen LogP contribution < -0.4 is 0 Å². The molecule has 0 aliphatic carbocycles. The maximum Gasteiger partial charge on any atom is 0.306 e. The van der Waals surface area contributed by atoms with Crippen molar-refractivity contribution in [3.05, 3.63) is 85.1 Å². The van der Waals surface area contributed by atoms with Crippen LogP contribution in [0.5, 0.6) is 0 Å². The summed E-state index contributed by atoms with van der Waals surface area (Å²) in [4.78, 5) is 13.0. The number of rotatable bonds is 46. The molecular formula is C61H104O14. The van der Waals surface area contributed by atoms with Gasteiger partial charge >= 0.3 is 5.97 Å². The lowest BCUT2D eigenvalue weighted by atomic mass is 9.98. The van der Waals surface area contributed by atoms with Gasteiger partial charge in [-0.1, -0.05) is 195 Å². The van der Waals surface area contributed by atoms with Crippen LogP contribution in [0.15, 0.2) is 85.1 Å². The Balaban J connectivity index is 1.75. The predicted molar refractivity (Wildman–Crippen MR) is 298 cm³/mol. The van der Waals surface area contributed by atoms with E-state index in [9.17, 15) is 40.5 Å². The van der Waals surface area contributed by atoms with E-state index in [4.69, 9.17) is 28.4 Å². The van der Waals surface area contributed by atoms with E-state index in [2.05, 4.69) is 86.8 Å². The molecule has 0 saturated carbocycles. The zero-order valence-electron chi connectivity index (χ0n) is 46.3. The molecule has 432 valence electrons. The van der Waals surface area contributed by atoms with Gasteiger partial charge in [0.05, 0.1) is 26.4 Å². The summed E-state index contributed by atoms with van der Waals surface area (Å²) in [6.07, 6.45) is 45.2. The normalized spacial score (nSPS) is 25.2. The van der Waals surface area contributed by atoms with Crippen LogP contribution in [0, 0.1) is 0 Å². The number of aliphatic hydroxyl groups excluding tert-OH is 7. The van der Waals surface area contributed by atoms with E-state index < -0.39 is 86.7 Å². The summed E-state index contributed by atoms with van der Waals surface area (Å²) in [6, 6.07) is 0. The number of carbonyl (C=O) groups excluding carboxylic acids is 1. The minimum absolute atomic E-state index is 0.0261. The third kappa shape index (κ3) is 33.9. The molecule has 2 saturated heterocycles. The minimum atomic E-state index is -1.72. The van der Waals surface area contributed by atoms with Crippen molar-refractivity contribution in [2.24, 2.45) is 0 Å². The standard InChI is InChI=1S/C61H104O14/c1-3-5-7-9-11-13-15-17-19-21-23-24-25-27-29-31-33-35-37-39-41-43-45-70-47-50(73-53(63)44-42-40-38-36-34-32-30-28-26-22-20-18-16-14-12-10-8-6-4-2)48-71-60-59(69)57(67)55(65)52(75-60)49-72-61-58(68)56(66)54(64)51(46-62)74-61/h6,8,12,14,18,20-21,23,26,28,32,34,38,40,50-52,54-62,64-69H,3-5,7,9-11,13,15-17,19,22,24-25,27,29-31,33,35-37,39,41-49H2,1-2H3/b8-6-,14-12-,20-18-,23-21-,28-26-,34-32-,40-38-. The van der Waals surface area contributed by atoms with Crippen molar-refractivity contribution in [1.82, 2.24) is 0 Å². The molecule has 11 unspecified atom stereocenters. The van der Waals surface area contributed by atoms with Crippen LogP contribution in [0.4, 0.5) is 0 Å². The van der Waals surface area contributed by atoms with E-state index in [1.54, 1.807) is 0 Å². The molecule has 2 heterocycles. The summed E-state index contributed by atoms with van der Waals surface area (Å²) in [7, 11) is 0. The SMILES string of the molecule is CC/C=C\C/C=C\C/C=C\C/C=C\C/C=C\C/C=C\CCC(=O)OC(COCCCCCCCCCCCC/C=C\CCCCCCCCCC)COC1OC(COC2OC(CO)C(O)C(O)C2O)C(O)C(O)C1O. The van der Waals surface area contributed by atoms with Crippen LogP contribution in [-0.4, -0.2) is 142 Å². The van der Waals surface area contributed by atoms with Crippen molar-refractivity contribution in [3.8, 4) is 0 Å². The highest BCUT2D eigenvalue weighted by Gasteiger charge is 2.47. The number of esters is 1. The Morgan fingerprint density at radius 1 is 0.453 bits per heavy atom. The van der Waals surface area contributed by atoms with Crippen molar-refractivity contribution < 1.29 is 69.0 Å². The molecule has 0 aromatic rings. The molecule has 14 nitrogen and oxygen atoms in total. The molecule has 7 N–H and O–H groups in total. The van der Waals surface area contributed by atoms with Crippen LogP contribution in [0.1, 0.15) is 194 Å². The highest BCUT2D eigenvalue weighted by molar-refractivity contribution is 5.69. The molecule has 11 atom stereocenters. The third-order valence-corrected chi connectivity index (χ3v) is 13.4. The van der Waals surface area contributed by atoms with E-state index in [-0.39, 0.29) is 19.6 Å². The quantitative estimate of drug-likeness (QED) is 0.0172. The van der Waals surface area contributed by atoms with Crippen molar-refractivity contribution in [2.75, 3.05) is 33.0 Å². The van der Waals surface area contributed by atoms with Crippen LogP contribution in [0.2, 0.25) is 0 Å². The first-order valence-electron chi connectivity index (χ1n) is 29.2. The van der Waals surface area contributed by atoms with Gasteiger partial charge in [-0.2, -0.15) is 0 Å². The smallest absolute Gasteiger partial charge is 0.306 e. The molecule has 0 aromatic carbocycles. The fourth-order valence-corrected chi connectivity index (χ4v) is 8.72. The summed E-state index contributed by atoms with van der Waals surface area (Å²) < 4.78 is 34.3. The van der Waals surface area contributed by atoms with Crippen LogP contribution in [0.25, 0.3) is 0 Å². The average molecular weight is 1060 g/mol. The molecule has 0 amide bonds. The van der Waals surface area contributed by atoms with Crippen molar-refractivity contribution in [2.45, 2.75) is 261 Å². The molecule has 2 aliphatic rings. The monoisotopic (exact) mass is 1060 g/mol. The lowest BCUT2D eigenvalue weighted by Gasteiger charge is -2.42. The number of aliphatic hydroxyl groups is 7. The summed E-state index contributed by atoms with van der Waals surface area (Å²) in [5.74, 6) is -0.459. The number of carbonyl (C=O) groups is 1. The largest absolute Gasteiger partial charge is 0.457 e. The summed E-state index contributed by atoms with van der Waals surface area (Å²) in [5, 5.41) is 72.3. The number of allylic oxidation sites excluding steroid dienone is 14. The van der Waals surface area contributed by atoms with E-state index in [1.807, 2.05) is 12.2 Å². The molecule has 0 radical (unpaired) electrons. The minimum Gasteiger partial charge on any atom is -0.457 e. The fourth-order valence-electron chi connectivity index (χ4n) is 8.72. The lowest BCUT2D eigenvalue weighted by Crippen LogP contribution is -2.61. The Hall–Kier alpha value is -2.83. The molecule has 2 fully saturated rings. The van der Waals surface area contributed by atoms with E-state index >= 15 is 0 Å². The Bertz CT molecular complexity index is 1560. The number of ether oxygens (including phenoxy) is 6. The molecule has 0 bridgehead atoms. The second-order valence-corrected chi connectivity index (χ2v) is 20.1. The van der Waals surface area contributed by atoms with E-state index in [1.165, 1.54) is 109 Å². The Kier molecular flexibility index (Phi) is 43.0. The molecule has 2 aliphatic heterocycles. The molecule has 0 aromatic heterocycles. The highest BCUT2D eigenvalue weighted by Crippen LogP contribution is 2.26. The summed E-state index contributed by atoms with van der Waals surface area (Å²) >= 11 is 0. The first-order chi connectivity index (χ1) is 36.6. The first kappa shape index (κ1) is 68.3. The Morgan fingerprint density at radius 3 is 1.36 bits per heavy atom. The van der Waals surface area contributed by atoms with Crippen molar-refractivity contribution in [3.63, 3.8) is 0 Å². The van der Waals surface area contributed by atoms with Gasteiger partial charge in [-0.3, -0.25) is 4.79 Å². The van der Waals surface area contributed by atoms with E-state index in [0.717, 1.165) is 57.8 Å². The Morgan fingerprint density at radius 2 is 0.867 bits per heavy atom. The van der Waals surface area contributed by atoms with Crippen molar-refractivity contribution >= 4 is 5.97 Å². The first-order valence-corrected chi connectivity index (χ1v) is 29.2. The molecular weight excluding hydrogens is 957 g/mol. The fraction of sp³-hybridized carbons (Fsp3) is 0.754. The van der Waals surface area contributed by atoms with Gasteiger partial charge in [0, 0.05) is 13.0 Å². The third-order valence-electron chi connectivity index (χ3n) is 13.4. The van der Waals surface area contributed by atoms with Gasteiger partial charge in [-0.05, 0) is 77.0 Å². The zero-order chi connectivity index (χ0) is 54.4. The van der Waals surface area contributed by atoms with Crippen molar-refractivity contribution in [1.29, 1.82) is 0 Å². The van der Waals surface area contributed by atoms with Gasteiger partial charge < -0.3 is 64.2 Å². The molecule has 75 heavy (non-hydrogen) atoms. The van der Waals surface area contributed by atoms with Crippen LogP contribution >= 0.6 is 0 Å².